The smallest absolute Gasteiger partial charge is 0.0928 e. The number of hydrogen-bond acceptors (Lipinski definition) is 3. The van der Waals surface area contributed by atoms with Crippen LogP contribution in [-0.4, -0.2) is 16.7 Å². The fourth-order valence-electron chi connectivity index (χ4n) is 1.44. The van der Waals surface area contributed by atoms with Crippen LogP contribution in [0.15, 0.2) is 5.38 Å². The van der Waals surface area contributed by atoms with E-state index in [1.54, 1.807) is 11.3 Å². The molecule has 0 aromatic carbocycles. The predicted octanol–water partition coefficient (Wildman–Crippen LogP) is 2.94. The Balaban J connectivity index is 1.99. The van der Waals surface area contributed by atoms with Crippen LogP contribution in [0, 0.1) is 6.92 Å². The van der Waals surface area contributed by atoms with E-state index >= 15 is 0 Å². The molecule has 0 aliphatic heterocycles. The Morgan fingerprint density at radius 3 is 2.57 bits per heavy atom. The number of hydrogen-bond donors (Lipinski definition) is 1. The molecule has 14 heavy (non-hydrogen) atoms. The van der Waals surface area contributed by atoms with Crippen molar-refractivity contribution in [1.29, 1.82) is 0 Å². The number of unbranched alkanes of at least 4 members (excludes halogenated alkanes) is 4. The first-order valence-corrected chi connectivity index (χ1v) is 6.23. The summed E-state index contributed by atoms with van der Waals surface area (Å²) >= 11 is 1.77. The predicted molar refractivity (Wildman–Crippen MR) is 60.7 cm³/mol. The van der Waals surface area contributed by atoms with Crippen LogP contribution in [0.2, 0.25) is 0 Å². The minimum Gasteiger partial charge on any atom is -0.396 e. The Morgan fingerprint density at radius 1 is 1.21 bits per heavy atom. The third-order valence-electron chi connectivity index (χ3n) is 2.22. The van der Waals surface area contributed by atoms with Gasteiger partial charge in [0.1, 0.15) is 0 Å². The monoisotopic (exact) mass is 213 g/mol. The lowest BCUT2D eigenvalue weighted by Crippen LogP contribution is -1.87. The summed E-state index contributed by atoms with van der Waals surface area (Å²) in [5, 5.41) is 12.0. The Kier molecular flexibility index (Phi) is 5.80. The van der Waals surface area contributed by atoms with Gasteiger partial charge in [-0.2, -0.15) is 0 Å². The van der Waals surface area contributed by atoms with Crippen LogP contribution in [0.1, 0.15) is 42.8 Å². The van der Waals surface area contributed by atoms with Gasteiger partial charge in [0.25, 0.3) is 0 Å². The molecule has 0 fully saturated rings. The minimum absolute atomic E-state index is 0.339. The summed E-state index contributed by atoms with van der Waals surface area (Å²) in [5.41, 5.74) is 1.14. The van der Waals surface area contributed by atoms with Crippen molar-refractivity contribution in [2.45, 2.75) is 45.4 Å². The van der Waals surface area contributed by atoms with Crippen LogP contribution in [0.4, 0.5) is 0 Å². The van der Waals surface area contributed by atoms with Gasteiger partial charge >= 0.3 is 0 Å². The first-order chi connectivity index (χ1) is 6.83. The van der Waals surface area contributed by atoms with E-state index in [0.29, 0.717) is 6.61 Å². The van der Waals surface area contributed by atoms with E-state index in [-0.39, 0.29) is 0 Å². The molecule has 2 nitrogen and oxygen atoms in total. The lowest BCUT2D eigenvalue weighted by atomic mass is 10.1. The van der Waals surface area contributed by atoms with Crippen molar-refractivity contribution < 1.29 is 5.11 Å². The molecule has 1 rings (SSSR count). The number of thiazole rings is 1. The van der Waals surface area contributed by atoms with Crippen molar-refractivity contribution in [3.05, 3.63) is 16.1 Å². The van der Waals surface area contributed by atoms with Gasteiger partial charge in [-0.15, -0.1) is 11.3 Å². The lowest BCUT2D eigenvalue weighted by molar-refractivity contribution is 0.282. The number of aliphatic hydroxyl groups is 1. The first kappa shape index (κ1) is 11.7. The zero-order valence-corrected chi connectivity index (χ0v) is 9.65. The molecule has 0 spiro atoms. The van der Waals surface area contributed by atoms with Crippen LogP contribution in [-0.2, 0) is 6.42 Å². The fourth-order valence-corrected chi connectivity index (χ4v) is 2.25. The second-order valence-corrected chi connectivity index (χ2v) is 4.57. The van der Waals surface area contributed by atoms with Gasteiger partial charge in [-0.3, -0.25) is 0 Å². The summed E-state index contributed by atoms with van der Waals surface area (Å²) in [6.07, 6.45) is 6.98. The van der Waals surface area contributed by atoms with Gasteiger partial charge in [-0.25, -0.2) is 4.98 Å². The van der Waals surface area contributed by atoms with Gasteiger partial charge in [0, 0.05) is 17.7 Å². The van der Waals surface area contributed by atoms with Crippen LogP contribution < -0.4 is 0 Å². The van der Waals surface area contributed by atoms with Gasteiger partial charge in [0.15, 0.2) is 0 Å². The quantitative estimate of drug-likeness (QED) is 0.706. The highest BCUT2D eigenvalue weighted by Crippen LogP contribution is 2.13. The molecule has 80 valence electrons. The van der Waals surface area contributed by atoms with Gasteiger partial charge < -0.3 is 5.11 Å². The molecule has 0 atom stereocenters. The summed E-state index contributed by atoms with van der Waals surface area (Å²) in [6.45, 7) is 2.38. The van der Waals surface area contributed by atoms with E-state index < -0.39 is 0 Å². The lowest BCUT2D eigenvalue weighted by Gasteiger charge is -1.98. The van der Waals surface area contributed by atoms with Gasteiger partial charge in [-0.1, -0.05) is 19.3 Å². The van der Waals surface area contributed by atoms with Crippen LogP contribution in [0.25, 0.3) is 0 Å². The summed E-state index contributed by atoms with van der Waals surface area (Å²) in [5.74, 6) is 0. The average Bonchev–Trinajstić information content (AvgIpc) is 2.58. The van der Waals surface area contributed by atoms with Crippen LogP contribution in [0.5, 0.6) is 0 Å². The van der Waals surface area contributed by atoms with Crippen molar-refractivity contribution in [3.63, 3.8) is 0 Å². The van der Waals surface area contributed by atoms with Gasteiger partial charge in [0.05, 0.1) is 5.01 Å². The largest absolute Gasteiger partial charge is 0.396 e. The molecule has 1 heterocycles. The summed E-state index contributed by atoms with van der Waals surface area (Å²) < 4.78 is 0. The molecule has 0 aliphatic rings. The third-order valence-corrected chi connectivity index (χ3v) is 3.24. The molecule has 1 N–H and O–H groups in total. The van der Waals surface area contributed by atoms with Crippen LogP contribution >= 0.6 is 11.3 Å². The molecule has 3 heteroatoms. The van der Waals surface area contributed by atoms with E-state index in [2.05, 4.69) is 10.4 Å². The van der Waals surface area contributed by atoms with Crippen molar-refractivity contribution in [2.24, 2.45) is 0 Å². The van der Waals surface area contributed by atoms with E-state index in [1.165, 1.54) is 24.3 Å². The van der Waals surface area contributed by atoms with E-state index in [0.717, 1.165) is 25.0 Å². The maximum Gasteiger partial charge on any atom is 0.0928 e. The second-order valence-electron chi connectivity index (χ2n) is 3.62. The SMILES string of the molecule is Cc1csc(CCCCCCCO)n1. The number of nitrogens with zero attached hydrogens (tertiary/aromatic N) is 1. The average molecular weight is 213 g/mol. The fraction of sp³-hybridized carbons (Fsp3) is 0.727. The zero-order valence-electron chi connectivity index (χ0n) is 8.83. The highest BCUT2D eigenvalue weighted by molar-refractivity contribution is 7.09. The van der Waals surface area contributed by atoms with Gasteiger partial charge in [0.2, 0.25) is 0 Å². The van der Waals surface area contributed by atoms with E-state index in [4.69, 9.17) is 5.11 Å². The molecule has 0 aliphatic carbocycles. The Bertz CT molecular complexity index is 247. The molecule has 0 unspecified atom stereocenters. The molecule has 1 aromatic rings. The molecular formula is C11H19NOS. The summed E-state index contributed by atoms with van der Waals surface area (Å²) in [7, 11) is 0. The topological polar surface area (TPSA) is 33.1 Å². The molecule has 0 bridgehead atoms. The first-order valence-electron chi connectivity index (χ1n) is 5.35. The Hall–Kier alpha value is -0.410. The van der Waals surface area contributed by atoms with E-state index in [1.807, 2.05) is 6.92 Å². The molecular weight excluding hydrogens is 194 g/mol. The van der Waals surface area contributed by atoms with Gasteiger partial charge in [-0.05, 0) is 26.2 Å². The number of aromatic nitrogens is 1. The molecule has 1 aromatic heterocycles. The maximum absolute atomic E-state index is 8.60. The highest BCUT2D eigenvalue weighted by atomic mass is 32.1. The van der Waals surface area contributed by atoms with Crippen LogP contribution in [0.3, 0.4) is 0 Å². The van der Waals surface area contributed by atoms with Crippen molar-refractivity contribution in [1.82, 2.24) is 4.98 Å². The third kappa shape index (κ3) is 4.72. The minimum atomic E-state index is 0.339. The number of aliphatic hydroxyl groups excluding tert-OH is 1. The van der Waals surface area contributed by atoms with Crippen molar-refractivity contribution in [3.8, 4) is 0 Å². The standard InChI is InChI=1S/C11H19NOS/c1-10-9-14-11(12-10)7-5-3-2-4-6-8-13/h9,13H,2-8H2,1H3. The Morgan fingerprint density at radius 2 is 1.93 bits per heavy atom. The zero-order chi connectivity index (χ0) is 10.2. The molecule has 0 amide bonds. The van der Waals surface area contributed by atoms with Crippen molar-refractivity contribution in [2.75, 3.05) is 6.61 Å². The maximum atomic E-state index is 8.60. The van der Waals surface area contributed by atoms with E-state index in [9.17, 15) is 0 Å². The summed E-state index contributed by atoms with van der Waals surface area (Å²) in [4.78, 5) is 4.42. The molecule has 0 radical (unpaired) electrons. The number of rotatable bonds is 7. The highest BCUT2D eigenvalue weighted by Gasteiger charge is 1.97. The number of aryl methyl sites for hydroxylation is 2. The molecule has 0 saturated heterocycles. The summed E-state index contributed by atoms with van der Waals surface area (Å²) in [6, 6.07) is 0. The molecule has 0 saturated carbocycles. The van der Waals surface area contributed by atoms with Crippen molar-refractivity contribution >= 4 is 11.3 Å². The second kappa shape index (κ2) is 6.96. The normalized spacial score (nSPS) is 10.7. The Labute approximate surface area is 90.0 Å².